The first-order chi connectivity index (χ1) is 24.4. The van der Waals surface area contributed by atoms with Crippen molar-refractivity contribution in [2.45, 2.75) is 71.6 Å². The number of nitrogens with zero attached hydrogens (tertiary/aromatic N) is 5. The van der Waals surface area contributed by atoms with Crippen LogP contribution in [0.5, 0.6) is 11.5 Å². The van der Waals surface area contributed by atoms with Gasteiger partial charge < -0.3 is 28.9 Å². The zero-order valence-corrected chi connectivity index (χ0v) is 32.5. The Bertz CT molecular complexity index is 1790. The van der Waals surface area contributed by atoms with Gasteiger partial charge in [-0.3, -0.25) is 0 Å². The van der Waals surface area contributed by atoms with E-state index in [-0.39, 0.29) is 17.8 Å². The normalized spacial score (nSPS) is 16.0. The maximum absolute atomic E-state index is 17.2. The largest absolute Gasteiger partial charge is 0.497 e. The highest BCUT2D eigenvalue weighted by Gasteiger charge is 2.33. The van der Waals surface area contributed by atoms with Crippen LogP contribution < -0.4 is 19.3 Å². The van der Waals surface area contributed by atoms with Crippen LogP contribution in [-0.2, 0) is 30.7 Å². The molecule has 0 N–H and O–H groups in total. The van der Waals surface area contributed by atoms with Gasteiger partial charge in [0.05, 0.1) is 19.9 Å². The molecule has 4 aromatic rings. The van der Waals surface area contributed by atoms with Gasteiger partial charge in [-0.1, -0.05) is 24.3 Å². The van der Waals surface area contributed by atoms with E-state index in [4.69, 9.17) is 24.2 Å². The molecule has 3 aromatic carbocycles. The molecule has 1 saturated heterocycles. The molecule has 270 valence electrons. The molecule has 0 saturated carbocycles. The molecule has 6 rings (SSSR count). The van der Waals surface area contributed by atoms with Crippen LogP contribution in [0.3, 0.4) is 0 Å². The standard InChI is InChI=1S/C40H47FIN5O4/c1-26-21-34(47(23-27-7-12-30(49-5)13-8-27)24-28-9-14-31(50-6)15-10-28)36(41)35(37(26)42)29-11-16-32-33(22-29)43-25-44-38(32)45-17-19-46(20-18-45)39(48)51-40(2,3)4/h7-10,12-15,21,25,29H,11,16-20,22-24H2,1-6H3. The number of carbonyl (C=O) groups is 1. The topological polar surface area (TPSA) is 80.3 Å². The van der Waals surface area contributed by atoms with E-state index < -0.39 is 5.60 Å². The van der Waals surface area contributed by atoms with Crippen LogP contribution in [0.2, 0.25) is 0 Å². The van der Waals surface area contributed by atoms with Gasteiger partial charge in [-0.25, -0.2) is 19.2 Å². The lowest BCUT2D eigenvalue weighted by Gasteiger charge is -2.37. The molecule has 2 aliphatic rings. The quantitative estimate of drug-likeness (QED) is 0.157. The predicted octanol–water partition coefficient (Wildman–Crippen LogP) is 8.08. The van der Waals surface area contributed by atoms with E-state index >= 15 is 4.39 Å². The number of hydrogen-bond donors (Lipinski definition) is 0. The van der Waals surface area contributed by atoms with Gasteiger partial charge in [0.1, 0.15) is 29.2 Å². The first kappa shape index (κ1) is 36.7. The summed E-state index contributed by atoms with van der Waals surface area (Å²) in [4.78, 5) is 28.2. The van der Waals surface area contributed by atoms with Gasteiger partial charge >= 0.3 is 6.09 Å². The summed E-state index contributed by atoms with van der Waals surface area (Å²) in [5, 5.41) is 0. The van der Waals surface area contributed by atoms with Crippen molar-refractivity contribution in [3.05, 3.63) is 104 Å². The Balaban J connectivity index is 1.26. The highest BCUT2D eigenvalue weighted by molar-refractivity contribution is 14.1. The number of hydrogen-bond acceptors (Lipinski definition) is 8. The zero-order chi connectivity index (χ0) is 36.3. The van der Waals surface area contributed by atoms with Crippen molar-refractivity contribution in [3.8, 4) is 11.5 Å². The Morgan fingerprint density at radius 3 is 2.08 bits per heavy atom. The highest BCUT2D eigenvalue weighted by Crippen LogP contribution is 2.42. The number of rotatable bonds is 9. The van der Waals surface area contributed by atoms with Crippen LogP contribution in [0.15, 0.2) is 60.9 Å². The predicted molar refractivity (Wildman–Crippen MR) is 207 cm³/mol. The van der Waals surface area contributed by atoms with Gasteiger partial charge in [0.2, 0.25) is 0 Å². The second kappa shape index (κ2) is 15.6. The third-order valence-corrected chi connectivity index (χ3v) is 11.1. The van der Waals surface area contributed by atoms with Gasteiger partial charge in [-0.05, 0) is 122 Å². The molecule has 9 nitrogen and oxygen atoms in total. The number of benzene rings is 3. The van der Waals surface area contributed by atoms with Crippen molar-refractivity contribution in [1.29, 1.82) is 0 Å². The molecular weight excluding hydrogens is 760 g/mol. The Labute approximate surface area is 314 Å². The SMILES string of the molecule is COc1ccc(CN(Cc2ccc(OC)cc2)c2cc(C)c(I)c(C3CCc4c(ncnc4N4CCN(C(=O)OC(C)(C)C)CC4)C3)c2F)cc1. The maximum Gasteiger partial charge on any atom is 0.410 e. The van der Waals surface area contributed by atoms with E-state index in [1.807, 2.05) is 75.4 Å². The fraction of sp³-hybridized carbons (Fsp3) is 0.425. The Kier molecular flexibility index (Phi) is 11.2. The van der Waals surface area contributed by atoms with Crippen molar-refractivity contribution < 1.29 is 23.4 Å². The minimum Gasteiger partial charge on any atom is -0.497 e. The lowest BCUT2D eigenvalue weighted by molar-refractivity contribution is 0.0240. The minimum absolute atomic E-state index is 0.0290. The molecule has 0 radical (unpaired) electrons. The minimum atomic E-state index is -0.531. The fourth-order valence-electron chi connectivity index (χ4n) is 6.97. The van der Waals surface area contributed by atoms with Crippen LogP contribution in [0.25, 0.3) is 0 Å². The van der Waals surface area contributed by atoms with Crippen molar-refractivity contribution in [1.82, 2.24) is 14.9 Å². The number of amides is 1. The number of anilines is 2. The average Bonchev–Trinajstić information content (AvgIpc) is 3.12. The van der Waals surface area contributed by atoms with E-state index in [1.54, 1.807) is 25.4 Å². The number of carbonyl (C=O) groups excluding carboxylic acids is 1. The van der Waals surface area contributed by atoms with Crippen LogP contribution >= 0.6 is 22.6 Å². The average molecular weight is 808 g/mol. The van der Waals surface area contributed by atoms with Crippen LogP contribution in [0, 0.1) is 16.3 Å². The van der Waals surface area contributed by atoms with Gasteiger partial charge in [0.25, 0.3) is 0 Å². The zero-order valence-electron chi connectivity index (χ0n) is 30.3. The second-order valence-electron chi connectivity index (χ2n) is 14.3. The summed E-state index contributed by atoms with van der Waals surface area (Å²) in [5.41, 5.74) is 6.09. The number of piperazine rings is 1. The number of halogens is 2. The molecule has 1 amide bonds. The van der Waals surface area contributed by atoms with Crippen molar-refractivity contribution in [3.63, 3.8) is 0 Å². The molecule has 0 bridgehead atoms. The smallest absolute Gasteiger partial charge is 0.410 e. The fourth-order valence-corrected chi connectivity index (χ4v) is 7.80. The monoisotopic (exact) mass is 807 g/mol. The molecule has 0 spiro atoms. The molecule has 51 heavy (non-hydrogen) atoms. The number of aromatic nitrogens is 2. The molecule has 1 aliphatic carbocycles. The van der Waals surface area contributed by atoms with E-state index in [0.717, 1.165) is 67.2 Å². The van der Waals surface area contributed by atoms with Crippen LogP contribution in [0.4, 0.5) is 20.7 Å². The first-order valence-electron chi connectivity index (χ1n) is 17.5. The summed E-state index contributed by atoms with van der Waals surface area (Å²) < 4.78 is 34.5. The molecule has 2 heterocycles. The summed E-state index contributed by atoms with van der Waals surface area (Å²) in [5.74, 6) is 2.29. The lowest BCUT2D eigenvalue weighted by atomic mass is 9.81. The van der Waals surface area contributed by atoms with Gasteiger partial charge in [-0.2, -0.15) is 0 Å². The van der Waals surface area contributed by atoms with E-state index in [2.05, 4.69) is 39.3 Å². The molecule has 1 unspecified atom stereocenters. The Morgan fingerprint density at radius 2 is 1.53 bits per heavy atom. The number of fused-ring (bicyclic) bond motifs is 1. The number of methoxy groups -OCH3 is 2. The van der Waals surface area contributed by atoms with Gasteiger partial charge in [0, 0.05) is 59.7 Å². The maximum atomic E-state index is 17.2. The van der Waals surface area contributed by atoms with Crippen molar-refractivity contribution in [2.75, 3.05) is 50.2 Å². The van der Waals surface area contributed by atoms with E-state index in [9.17, 15) is 4.79 Å². The Hall–Kier alpha value is -4.13. The molecule has 1 aliphatic heterocycles. The number of aryl methyl sites for hydroxylation is 1. The third kappa shape index (κ3) is 8.51. The molecule has 1 fully saturated rings. The molecule has 1 atom stereocenters. The Morgan fingerprint density at radius 1 is 0.941 bits per heavy atom. The number of ether oxygens (including phenoxy) is 3. The van der Waals surface area contributed by atoms with Gasteiger partial charge in [-0.15, -0.1) is 0 Å². The first-order valence-corrected chi connectivity index (χ1v) is 18.6. The lowest BCUT2D eigenvalue weighted by Crippen LogP contribution is -2.50. The summed E-state index contributed by atoms with van der Waals surface area (Å²) in [6, 6.07) is 17.9. The third-order valence-electron chi connectivity index (χ3n) is 9.64. The van der Waals surface area contributed by atoms with Crippen molar-refractivity contribution in [2.24, 2.45) is 0 Å². The van der Waals surface area contributed by atoms with Crippen molar-refractivity contribution >= 4 is 40.2 Å². The molecule has 11 heteroatoms. The summed E-state index contributed by atoms with van der Waals surface area (Å²) in [6.07, 6.45) is 3.52. The van der Waals surface area contributed by atoms with Crippen LogP contribution in [-0.4, -0.2) is 67.0 Å². The summed E-state index contributed by atoms with van der Waals surface area (Å²) in [6.45, 7) is 11.2. The molecule has 1 aromatic heterocycles. The van der Waals surface area contributed by atoms with Crippen LogP contribution in [0.1, 0.15) is 66.6 Å². The summed E-state index contributed by atoms with van der Waals surface area (Å²) >= 11 is 2.32. The van der Waals surface area contributed by atoms with Gasteiger partial charge in [0.15, 0.2) is 5.82 Å². The summed E-state index contributed by atoms with van der Waals surface area (Å²) in [7, 11) is 3.31. The second-order valence-corrected chi connectivity index (χ2v) is 15.4. The van der Waals surface area contributed by atoms with E-state index in [1.165, 1.54) is 0 Å². The van der Waals surface area contributed by atoms with E-state index in [0.29, 0.717) is 51.4 Å². The molecular formula is C40H47FIN5O4. The highest BCUT2D eigenvalue weighted by atomic mass is 127.